The van der Waals surface area contributed by atoms with Crippen molar-refractivity contribution in [2.24, 2.45) is 0 Å². The van der Waals surface area contributed by atoms with Crippen LogP contribution in [0.15, 0.2) is 206 Å². The molecule has 1 N–H and O–H groups in total. The first kappa shape index (κ1) is 33.7. The second kappa shape index (κ2) is 12.7. The van der Waals surface area contributed by atoms with Gasteiger partial charge in [0.2, 0.25) is 0 Å². The number of dihydropyridines is 1. The third kappa shape index (κ3) is 4.61. The Labute approximate surface area is 358 Å². The molecule has 1 unspecified atom stereocenters. The van der Waals surface area contributed by atoms with E-state index in [-0.39, 0.29) is 6.04 Å². The van der Waals surface area contributed by atoms with Crippen molar-refractivity contribution in [3.05, 3.63) is 217 Å². The van der Waals surface area contributed by atoms with Gasteiger partial charge in [-0.1, -0.05) is 188 Å². The lowest BCUT2D eigenvalue weighted by Gasteiger charge is -2.26. The van der Waals surface area contributed by atoms with Crippen molar-refractivity contribution >= 4 is 59.9 Å². The van der Waals surface area contributed by atoms with Crippen LogP contribution < -0.4 is 5.32 Å². The summed E-state index contributed by atoms with van der Waals surface area (Å²) in [5.41, 5.74) is 18.5. The fraction of sp³-hybridized carbons (Fsp3) is 0.0167. The SMILES string of the molecule is C1=CNC2C(=C1)C=Cc1ccc(-c3ccc4ccc5c(-c6ccc7c8c(cccc68)-c6c-7c(-c7ccccc7)c7ccccc7c6-c6ccccc6)ccc6ccc3c4c65)nc12. The molecule has 10 aromatic carbocycles. The van der Waals surface area contributed by atoms with Crippen LogP contribution in [0, 0.1) is 0 Å². The van der Waals surface area contributed by atoms with Crippen LogP contribution in [0.1, 0.15) is 17.3 Å². The van der Waals surface area contributed by atoms with Gasteiger partial charge in [-0.3, -0.25) is 0 Å². The first-order valence-electron chi connectivity index (χ1n) is 21.6. The highest BCUT2D eigenvalue weighted by atomic mass is 14.9. The largest absolute Gasteiger partial charge is 0.379 e. The van der Waals surface area contributed by atoms with Crippen LogP contribution in [0.2, 0.25) is 0 Å². The molecule has 0 spiro atoms. The first-order valence-corrected chi connectivity index (χ1v) is 21.6. The van der Waals surface area contributed by atoms with E-state index in [9.17, 15) is 0 Å². The maximum Gasteiger partial charge on any atom is 0.0942 e. The van der Waals surface area contributed by atoms with Crippen molar-refractivity contribution < 1.29 is 0 Å². The minimum Gasteiger partial charge on any atom is -0.379 e. The van der Waals surface area contributed by atoms with Gasteiger partial charge in [-0.25, -0.2) is 4.98 Å². The highest BCUT2D eigenvalue weighted by Crippen LogP contribution is 2.59. The predicted octanol–water partition coefficient (Wildman–Crippen LogP) is 15.7. The highest BCUT2D eigenvalue weighted by molar-refractivity contribution is 6.31. The summed E-state index contributed by atoms with van der Waals surface area (Å²) in [5, 5.41) is 16.3. The fourth-order valence-corrected chi connectivity index (χ4v) is 11.2. The second-order valence-corrected chi connectivity index (χ2v) is 16.9. The molecule has 62 heavy (non-hydrogen) atoms. The van der Waals surface area contributed by atoms with E-state index >= 15 is 0 Å². The topological polar surface area (TPSA) is 24.9 Å². The number of allylic oxidation sites excluding steroid dienone is 2. The Morgan fingerprint density at radius 1 is 0.387 bits per heavy atom. The fourth-order valence-electron chi connectivity index (χ4n) is 11.2. The van der Waals surface area contributed by atoms with Crippen LogP contribution >= 0.6 is 0 Å². The predicted molar refractivity (Wildman–Crippen MR) is 261 cm³/mol. The van der Waals surface area contributed by atoms with Crippen molar-refractivity contribution in [2.45, 2.75) is 6.04 Å². The smallest absolute Gasteiger partial charge is 0.0942 e. The van der Waals surface area contributed by atoms with Crippen molar-refractivity contribution in [3.63, 3.8) is 0 Å². The number of hydrogen-bond acceptors (Lipinski definition) is 2. The van der Waals surface area contributed by atoms with Crippen molar-refractivity contribution in [1.29, 1.82) is 0 Å². The van der Waals surface area contributed by atoms with Crippen LogP contribution in [-0.4, -0.2) is 4.98 Å². The molecule has 1 atom stereocenters. The summed E-state index contributed by atoms with van der Waals surface area (Å²) in [6, 6.07) is 65.7. The molecule has 2 aliphatic carbocycles. The lowest BCUT2D eigenvalue weighted by molar-refractivity contribution is 0.690. The number of fused-ring (bicyclic) bond motifs is 7. The van der Waals surface area contributed by atoms with Gasteiger partial charge < -0.3 is 5.32 Å². The van der Waals surface area contributed by atoms with Gasteiger partial charge in [-0.15, -0.1) is 0 Å². The lowest BCUT2D eigenvalue weighted by Crippen LogP contribution is -2.23. The van der Waals surface area contributed by atoms with E-state index in [1.165, 1.54) is 115 Å². The van der Waals surface area contributed by atoms with Crippen molar-refractivity contribution in [2.75, 3.05) is 0 Å². The maximum atomic E-state index is 5.37. The Kier molecular flexibility index (Phi) is 6.92. The summed E-state index contributed by atoms with van der Waals surface area (Å²) >= 11 is 0. The van der Waals surface area contributed by atoms with E-state index in [0.29, 0.717) is 0 Å². The Bertz CT molecular complexity index is 3720. The summed E-state index contributed by atoms with van der Waals surface area (Å²) in [6.45, 7) is 0. The second-order valence-electron chi connectivity index (χ2n) is 16.9. The number of rotatable bonds is 4. The van der Waals surface area contributed by atoms with Gasteiger partial charge in [0.1, 0.15) is 0 Å². The molecular weight excluding hydrogens is 749 g/mol. The summed E-state index contributed by atoms with van der Waals surface area (Å²) in [6.07, 6.45) is 10.6. The molecule has 3 aliphatic rings. The third-order valence-corrected chi connectivity index (χ3v) is 13.8. The van der Waals surface area contributed by atoms with Gasteiger partial charge in [-0.2, -0.15) is 0 Å². The molecule has 0 fully saturated rings. The van der Waals surface area contributed by atoms with Crippen LogP contribution in [0.3, 0.4) is 0 Å². The van der Waals surface area contributed by atoms with Gasteiger partial charge in [0.25, 0.3) is 0 Å². The van der Waals surface area contributed by atoms with Crippen molar-refractivity contribution in [1.82, 2.24) is 10.3 Å². The van der Waals surface area contributed by atoms with E-state index < -0.39 is 0 Å². The molecule has 2 heteroatoms. The molecule has 0 saturated carbocycles. The van der Waals surface area contributed by atoms with E-state index in [4.69, 9.17) is 4.98 Å². The summed E-state index contributed by atoms with van der Waals surface area (Å²) in [5.74, 6) is 0. The minimum atomic E-state index is 0.0572. The molecular formula is C60H36N2. The number of hydrogen-bond donors (Lipinski definition) is 1. The molecule has 0 saturated heterocycles. The summed E-state index contributed by atoms with van der Waals surface area (Å²) in [7, 11) is 0. The molecule has 2 nitrogen and oxygen atoms in total. The van der Waals surface area contributed by atoms with E-state index in [1.54, 1.807) is 0 Å². The van der Waals surface area contributed by atoms with Gasteiger partial charge >= 0.3 is 0 Å². The van der Waals surface area contributed by atoms with Gasteiger partial charge in [-0.05, 0) is 139 Å². The van der Waals surface area contributed by atoms with Gasteiger partial charge in [0, 0.05) is 5.56 Å². The lowest BCUT2D eigenvalue weighted by atomic mass is 9.82. The standard InChI is InChI=1S/C60H36N2/c1-3-11-35(12-4-1)54-45-16-7-8-17-46(45)55(36-13-5-2-6-14-36)58-50-32-31-42(44-18-9-19-49(56(44)50)57(54)58)41-27-22-37-25-30-48-43(28-23-38-24-29-47(41)52(37)53(38)48)51-33-26-40-21-20-39-15-10-34-61-59(39)60(40)62-51/h1-34,59,61H. The Hall–Kier alpha value is -8.07. The molecule has 0 bridgehead atoms. The average molecular weight is 785 g/mol. The molecule has 0 radical (unpaired) electrons. The monoisotopic (exact) mass is 784 g/mol. The maximum absolute atomic E-state index is 5.37. The number of pyridine rings is 1. The molecule has 2 heterocycles. The summed E-state index contributed by atoms with van der Waals surface area (Å²) in [4.78, 5) is 5.37. The highest BCUT2D eigenvalue weighted by Gasteiger charge is 2.32. The molecule has 286 valence electrons. The van der Waals surface area contributed by atoms with Gasteiger partial charge in [0.05, 0.1) is 17.4 Å². The summed E-state index contributed by atoms with van der Waals surface area (Å²) < 4.78 is 0. The average Bonchev–Trinajstić information content (AvgIpc) is 3.67. The molecule has 14 rings (SSSR count). The van der Waals surface area contributed by atoms with Crippen LogP contribution in [0.25, 0.3) is 127 Å². The zero-order valence-electron chi connectivity index (χ0n) is 33.7. The number of benzene rings is 10. The van der Waals surface area contributed by atoms with E-state index in [1.807, 2.05) is 6.20 Å². The Balaban J connectivity index is 1.01. The third-order valence-electron chi connectivity index (χ3n) is 13.8. The molecule has 1 aliphatic heterocycles. The molecule has 0 amide bonds. The molecule has 11 aromatic rings. The van der Waals surface area contributed by atoms with E-state index in [2.05, 4.69) is 206 Å². The zero-order valence-corrected chi connectivity index (χ0v) is 33.7. The van der Waals surface area contributed by atoms with Crippen LogP contribution in [-0.2, 0) is 0 Å². The Morgan fingerprint density at radius 2 is 0.935 bits per heavy atom. The van der Waals surface area contributed by atoms with Gasteiger partial charge in [0.15, 0.2) is 0 Å². The quantitative estimate of drug-likeness (QED) is 0.180. The number of aromatic nitrogens is 1. The number of nitrogens with zero attached hydrogens (tertiary/aromatic N) is 1. The normalized spacial score (nSPS) is 14.7. The minimum absolute atomic E-state index is 0.0572. The number of nitrogens with one attached hydrogen (secondary N) is 1. The Morgan fingerprint density at radius 3 is 1.63 bits per heavy atom. The van der Waals surface area contributed by atoms with Crippen LogP contribution in [0.5, 0.6) is 0 Å². The van der Waals surface area contributed by atoms with Crippen molar-refractivity contribution in [3.8, 4) is 66.9 Å². The van der Waals surface area contributed by atoms with Crippen LogP contribution in [0.4, 0.5) is 0 Å². The zero-order chi connectivity index (χ0) is 40.5. The van der Waals surface area contributed by atoms with E-state index in [0.717, 1.165) is 22.5 Å². The first-order chi connectivity index (χ1) is 30.8. The molecule has 1 aromatic heterocycles.